The first-order valence-electron chi connectivity index (χ1n) is 13.9. The first kappa shape index (κ1) is 29.6. The van der Waals surface area contributed by atoms with Crippen molar-refractivity contribution in [3.05, 3.63) is 89.6 Å². The molecule has 4 aromatic rings. The van der Waals surface area contributed by atoms with E-state index >= 15 is 0 Å². The maximum absolute atomic E-state index is 12.4. The van der Waals surface area contributed by atoms with Crippen molar-refractivity contribution < 1.29 is 19.1 Å². The van der Waals surface area contributed by atoms with Crippen LogP contribution in [-0.2, 0) is 11.2 Å². The van der Waals surface area contributed by atoms with E-state index in [2.05, 4.69) is 30.7 Å². The Balaban J connectivity index is 1.46. The number of pyridine rings is 1. The molecule has 1 N–H and O–H groups in total. The number of hydrogen-bond donors (Lipinski definition) is 1. The summed E-state index contributed by atoms with van der Waals surface area (Å²) in [7, 11) is -3.05. The van der Waals surface area contributed by atoms with Crippen LogP contribution in [0.1, 0.15) is 62.3 Å². The Hall–Kier alpha value is -3.33. The van der Waals surface area contributed by atoms with E-state index in [1.807, 2.05) is 72.8 Å². The highest BCUT2D eigenvalue weighted by atomic mass is 32.1. The first-order valence-corrected chi connectivity index (χ1v) is 16.7. The summed E-state index contributed by atoms with van der Waals surface area (Å²) < 4.78 is 11.3. The third kappa shape index (κ3) is 6.51. The van der Waals surface area contributed by atoms with E-state index in [0.29, 0.717) is 24.8 Å². The Labute approximate surface area is 242 Å². The van der Waals surface area contributed by atoms with Gasteiger partial charge in [-0.15, -0.1) is 11.3 Å². The van der Waals surface area contributed by atoms with Crippen molar-refractivity contribution in [3.63, 3.8) is 0 Å². The van der Waals surface area contributed by atoms with Crippen LogP contribution in [0.25, 0.3) is 10.6 Å². The van der Waals surface area contributed by atoms with E-state index in [4.69, 9.17) is 9.47 Å². The number of aryl methyl sites for hydroxylation is 1. The third-order valence-electron chi connectivity index (χ3n) is 7.18. The summed E-state index contributed by atoms with van der Waals surface area (Å²) in [5.74, 6) is 0.134. The minimum absolute atomic E-state index is 0.317. The van der Waals surface area contributed by atoms with Crippen molar-refractivity contribution >= 4 is 36.0 Å². The van der Waals surface area contributed by atoms with Crippen molar-refractivity contribution in [2.75, 3.05) is 13.2 Å². The smallest absolute Gasteiger partial charge is 0.358 e. The molecule has 0 radical (unpaired) electrons. The minimum Gasteiger partial charge on any atom is -0.478 e. The van der Waals surface area contributed by atoms with Crippen LogP contribution >= 0.6 is 11.3 Å². The van der Waals surface area contributed by atoms with Crippen molar-refractivity contribution in [2.24, 2.45) is 0 Å². The molecular formula is C32H38N2O4SSi. The van der Waals surface area contributed by atoms with Crippen molar-refractivity contribution in [3.8, 4) is 16.5 Å². The summed E-state index contributed by atoms with van der Waals surface area (Å²) in [5, 5.41) is 2.43. The number of benzene rings is 2. The largest absolute Gasteiger partial charge is 0.478 e. The molecule has 40 heavy (non-hydrogen) atoms. The highest BCUT2D eigenvalue weighted by molar-refractivity contribution is 7.15. The Kier molecular flexibility index (Phi) is 9.89. The topological polar surface area (TPSA) is 81.5 Å². The third-order valence-corrected chi connectivity index (χ3v) is 12.9. The van der Waals surface area contributed by atoms with E-state index in [9.17, 15) is 9.59 Å². The fourth-order valence-corrected chi connectivity index (χ4v) is 9.96. The number of thiazole rings is 1. The average molecular weight is 575 g/mol. The van der Waals surface area contributed by atoms with Crippen LogP contribution in [0.2, 0.25) is 5.04 Å². The molecule has 0 saturated carbocycles. The normalized spacial score (nSPS) is 11.8. The zero-order valence-electron chi connectivity index (χ0n) is 23.7. The lowest BCUT2D eigenvalue weighted by Gasteiger charge is -2.41. The molecule has 4 rings (SSSR count). The SMILES string of the molecule is CCCc1sc(-c2ccnc(OCCCC(C)(C)[Si](O)(c3ccccc3)c3ccccc3)c2)nc1C(=O)OCC. The van der Waals surface area contributed by atoms with Crippen LogP contribution in [-0.4, -0.2) is 42.3 Å². The molecule has 8 heteroatoms. The van der Waals surface area contributed by atoms with E-state index in [1.54, 1.807) is 13.1 Å². The molecule has 0 spiro atoms. The van der Waals surface area contributed by atoms with Gasteiger partial charge in [-0.3, -0.25) is 0 Å². The Morgan fingerprint density at radius 2 is 1.65 bits per heavy atom. The van der Waals surface area contributed by atoms with Gasteiger partial charge in [0.05, 0.1) is 13.2 Å². The molecule has 0 bridgehead atoms. The predicted octanol–water partition coefficient (Wildman–Crippen LogP) is 6.03. The second kappa shape index (κ2) is 13.3. The number of aromatic nitrogens is 2. The number of hydrogen-bond acceptors (Lipinski definition) is 7. The van der Waals surface area contributed by atoms with E-state index < -0.39 is 8.32 Å². The number of nitrogens with zero attached hydrogens (tertiary/aromatic N) is 2. The lowest BCUT2D eigenvalue weighted by Crippen LogP contribution is -2.65. The second-order valence-corrected chi connectivity index (χ2v) is 15.4. The fraction of sp³-hybridized carbons (Fsp3) is 0.344. The van der Waals surface area contributed by atoms with Crippen molar-refractivity contribution in [1.29, 1.82) is 0 Å². The van der Waals surface area contributed by atoms with Crippen LogP contribution in [0.5, 0.6) is 5.88 Å². The van der Waals surface area contributed by atoms with Crippen LogP contribution in [0.15, 0.2) is 79.0 Å². The van der Waals surface area contributed by atoms with Gasteiger partial charge >= 0.3 is 5.97 Å². The molecule has 0 fully saturated rings. The number of carbonyl (C=O) groups excluding carboxylic acids is 1. The first-order chi connectivity index (χ1) is 19.3. The van der Waals surface area contributed by atoms with Gasteiger partial charge in [0.25, 0.3) is 8.32 Å². The van der Waals surface area contributed by atoms with Gasteiger partial charge in [-0.2, -0.15) is 0 Å². The second-order valence-electron chi connectivity index (χ2n) is 10.4. The van der Waals surface area contributed by atoms with Crippen LogP contribution in [0.3, 0.4) is 0 Å². The summed E-state index contributed by atoms with van der Waals surface area (Å²) in [4.78, 5) is 34.7. The van der Waals surface area contributed by atoms with Gasteiger partial charge in [-0.05, 0) is 47.7 Å². The van der Waals surface area contributed by atoms with Gasteiger partial charge in [0.15, 0.2) is 5.69 Å². The Morgan fingerprint density at radius 1 is 1.00 bits per heavy atom. The van der Waals surface area contributed by atoms with E-state index in [-0.39, 0.29) is 11.0 Å². The molecule has 6 nitrogen and oxygen atoms in total. The maximum Gasteiger partial charge on any atom is 0.358 e. The van der Waals surface area contributed by atoms with Gasteiger partial charge < -0.3 is 14.3 Å². The highest BCUT2D eigenvalue weighted by Gasteiger charge is 2.49. The molecular weight excluding hydrogens is 537 g/mol. The average Bonchev–Trinajstić information content (AvgIpc) is 3.40. The molecule has 0 aliphatic rings. The lowest BCUT2D eigenvalue weighted by molar-refractivity contribution is 0.0519. The van der Waals surface area contributed by atoms with Gasteiger partial charge in [-0.1, -0.05) is 87.9 Å². The molecule has 0 saturated heterocycles. The number of ether oxygens (including phenoxy) is 2. The fourth-order valence-electron chi connectivity index (χ4n) is 5.03. The molecule has 0 unspecified atom stereocenters. The van der Waals surface area contributed by atoms with Gasteiger partial charge in [0, 0.05) is 22.7 Å². The van der Waals surface area contributed by atoms with Gasteiger partial charge in [-0.25, -0.2) is 14.8 Å². The molecule has 0 amide bonds. The molecule has 210 valence electrons. The highest BCUT2D eigenvalue weighted by Crippen LogP contribution is 2.40. The predicted molar refractivity (Wildman–Crippen MR) is 164 cm³/mol. The van der Waals surface area contributed by atoms with Gasteiger partial charge in [0.1, 0.15) is 5.01 Å². The van der Waals surface area contributed by atoms with Crippen LogP contribution in [0, 0.1) is 0 Å². The monoisotopic (exact) mass is 574 g/mol. The Bertz CT molecular complexity index is 1350. The summed E-state index contributed by atoms with van der Waals surface area (Å²) in [5.41, 5.74) is 1.26. The molecule has 2 heterocycles. The minimum atomic E-state index is -3.05. The molecule has 2 aromatic heterocycles. The van der Waals surface area contributed by atoms with Crippen molar-refractivity contribution in [2.45, 2.75) is 58.4 Å². The van der Waals surface area contributed by atoms with E-state index in [1.165, 1.54) is 11.3 Å². The summed E-state index contributed by atoms with van der Waals surface area (Å²) in [6.07, 6.45) is 4.95. The zero-order chi connectivity index (χ0) is 28.6. The maximum atomic E-state index is 12.4. The van der Waals surface area contributed by atoms with Crippen molar-refractivity contribution in [1.82, 2.24) is 9.97 Å². The molecule has 2 aromatic carbocycles. The zero-order valence-corrected chi connectivity index (χ0v) is 25.5. The summed E-state index contributed by atoms with van der Waals surface area (Å²) in [6.45, 7) is 8.99. The molecule has 0 atom stereocenters. The Morgan fingerprint density at radius 3 is 2.25 bits per heavy atom. The van der Waals surface area contributed by atoms with Crippen LogP contribution < -0.4 is 15.1 Å². The number of carbonyl (C=O) groups is 1. The summed E-state index contributed by atoms with van der Waals surface area (Å²) >= 11 is 1.51. The quantitative estimate of drug-likeness (QED) is 0.119. The van der Waals surface area contributed by atoms with Gasteiger partial charge in [0.2, 0.25) is 5.88 Å². The van der Waals surface area contributed by atoms with E-state index in [0.717, 1.165) is 51.5 Å². The molecule has 0 aliphatic carbocycles. The standard InChI is InChI=1S/C32H38N2O4SSi/c1-5-14-27-29(31(35)37-6-2)34-30(39-27)24-19-21-33-28(23-24)38-22-13-20-32(3,4)40(36,25-15-9-7-10-16-25)26-17-11-8-12-18-26/h7-12,15-19,21,23,36H,5-6,13-14,20,22H2,1-4H3. The molecule has 0 aliphatic heterocycles. The number of rotatable bonds is 13. The summed E-state index contributed by atoms with van der Waals surface area (Å²) in [6, 6.07) is 23.9. The lowest BCUT2D eigenvalue weighted by atomic mass is 10.1. The number of esters is 1. The van der Waals surface area contributed by atoms with Crippen LogP contribution in [0.4, 0.5) is 0 Å².